The number of nitrogens with zero attached hydrogens (tertiary/aromatic N) is 5. The number of amides is 4. The molecule has 0 saturated carbocycles. The SMILES string of the molecule is CC#CC(=O)N1CCC(C(=O)N(C)C(C(=O)NC2Cc3cccc(c3)-c3ccc4c(c3)c(c(-c3cccnc3C(C)OC)n4CC)CC(C)(C)COC(=O)C3CCCN(C3)C2=O)C(C)C)C1. The summed E-state index contributed by atoms with van der Waals surface area (Å²) in [4.78, 5) is 79.3. The first-order valence-corrected chi connectivity index (χ1v) is 23.5. The highest BCUT2D eigenvalue weighted by Gasteiger charge is 2.40. The number of likely N-dealkylation sites (tertiary alicyclic amines) is 1. The summed E-state index contributed by atoms with van der Waals surface area (Å²) < 4.78 is 14.4. The van der Waals surface area contributed by atoms with Crippen molar-refractivity contribution in [3.05, 3.63) is 77.6 Å². The van der Waals surface area contributed by atoms with E-state index < -0.39 is 35.2 Å². The van der Waals surface area contributed by atoms with Gasteiger partial charge in [-0.05, 0) is 105 Å². The van der Waals surface area contributed by atoms with E-state index >= 15 is 0 Å². The lowest BCUT2D eigenvalue weighted by molar-refractivity contribution is -0.155. The fourth-order valence-electron chi connectivity index (χ4n) is 10.2. The molecule has 66 heavy (non-hydrogen) atoms. The van der Waals surface area contributed by atoms with Crippen LogP contribution < -0.4 is 5.32 Å². The van der Waals surface area contributed by atoms with Crippen LogP contribution in [0.15, 0.2) is 60.8 Å². The van der Waals surface area contributed by atoms with E-state index in [0.717, 1.165) is 50.1 Å². The van der Waals surface area contributed by atoms with Crippen LogP contribution in [-0.4, -0.2) is 113 Å². The van der Waals surface area contributed by atoms with Gasteiger partial charge in [0.2, 0.25) is 17.7 Å². The summed E-state index contributed by atoms with van der Waals surface area (Å²) in [6.07, 6.45) is 4.01. The Labute approximate surface area is 389 Å². The number of likely N-dealkylation sites (N-methyl/N-ethyl adjacent to an activating group) is 1. The number of aryl methyl sites for hydroxylation is 1. The van der Waals surface area contributed by atoms with Gasteiger partial charge in [-0.3, -0.25) is 29.0 Å². The predicted molar refractivity (Wildman–Crippen MR) is 255 cm³/mol. The standard InChI is InChI=1S/C53H66N6O7/c1-10-15-45(60)57-25-22-38(30-57)50(62)56(8)47(33(3)4)49(61)55-43-27-35-16-12-17-36(26-35)37-20-21-44-41(28-37)42(48(59(44)11-2)40-19-13-23-54-46(40)34(5)65-9)29-53(6,7)32-66-52(64)39-18-14-24-58(31-39)51(43)63/h12-13,16-17,19-21,23,26,28,33-34,38-39,43,47H,11,14,18,22,24-25,27,29-32H2,1-9H3,(H,55,61). The third kappa shape index (κ3) is 10.0. The lowest BCUT2D eigenvalue weighted by Gasteiger charge is -2.36. The second kappa shape index (κ2) is 20.3. The Morgan fingerprint density at radius 2 is 1.79 bits per heavy atom. The fourth-order valence-corrected chi connectivity index (χ4v) is 10.2. The Bertz CT molecular complexity index is 2550. The number of rotatable bonds is 9. The van der Waals surface area contributed by atoms with E-state index in [1.807, 2.05) is 39.0 Å². The average molecular weight is 899 g/mol. The number of benzene rings is 2. The van der Waals surface area contributed by atoms with Crippen molar-refractivity contribution in [2.24, 2.45) is 23.2 Å². The van der Waals surface area contributed by atoms with Crippen molar-refractivity contribution in [2.75, 3.05) is 46.9 Å². The van der Waals surface area contributed by atoms with Crippen LogP contribution in [0.4, 0.5) is 0 Å². The zero-order chi connectivity index (χ0) is 47.4. The third-order valence-electron chi connectivity index (χ3n) is 13.7. The molecule has 350 valence electrons. The van der Waals surface area contributed by atoms with Gasteiger partial charge in [-0.25, -0.2) is 0 Å². The number of fused-ring (bicyclic) bond motifs is 6. The Hall–Kier alpha value is -6.00. The maximum absolute atomic E-state index is 14.8. The molecule has 7 rings (SSSR count). The monoisotopic (exact) mass is 898 g/mol. The summed E-state index contributed by atoms with van der Waals surface area (Å²) in [6.45, 7) is 15.9. The molecule has 0 aliphatic carbocycles. The number of cyclic esters (lactones) is 1. The molecule has 0 spiro atoms. The van der Waals surface area contributed by atoms with Crippen molar-refractivity contribution >= 4 is 40.5 Å². The van der Waals surface area contributed by atoms with E-state index in [1.54, 1.807) is 37.1 Å². The summed E-state index contributed by atoms with van der Waals surface area (Å²) in [6, 6.07) is 16.8. The molecule has 6 bridgehead atoms. The van der Waals surface area contributed by atoms with E-state index in [9.17, 15) is 24.0 Å². The van der Waals surface area contributed by atoms with E-state index in [-0.39, 0.29) is 61.8 Å². The van der Waals surface area contributed by atoms with Crippen LogP contribution in [-0.2, 0) is 52.8 Å². The van der Waals surface area contributed by atoms with Crippen LogP contribution in [0.3, 0.4) is 0 Å². The molecule has 2 saturated heterocycles. The largest absolute Gasteiger partial charge is 0.465 e. The zero-order valence-electron chi connectivity index (χ0n) is 40.1. The number of aromatic nitrogens is 2. The summed E-state index contributed by atoms with van der Waals surface area (Å²) in [5, 5.41) is 4.19. The number of hydrogen-bond acceptors (Lipinski definition) is 8. The summed E-state index contributed by atoms with van der Waals surface area (Å²) in [5.41, 5.74) is 7.44. The van der Waals surface area contributed by atoms with Gasteiger partial charge in [-0.15, -0.1) is 0 Å². The number of methoxy groups -OCH3 is 1. The number of piperidine rings is 1. The molecule has 5 unspecified atom stereocenters. The lowest BCUT2D eigenvalue weighted by atomic mass is 9.84. The van der Waals surface area contributed by atoms with Gasteiger partial charge < -0.3 is 34.1 Å². The summed E-state index contributed by atoms with van der Waals surface area (Å²) >= 11 is 0. The highest BCUT2D eigenvalue weighted by molar-refractivity contribution is 5.97. The molecule has 0 radical (unpaired) electrons. The van der Waals surface area contributed by atoms with Crippen LogP contribution in [0.2, 0.25) is 0 Å². The predicted octanol–water partition coefficient (Wildman–Crippen LogP) is 6.84. The van der Waals surface area contributed by atoms with Gasteiger partial charge in [0.15, 0.2) is 0 Å². The molecule has 1 N–H and O–H groups in total. The van der Waals surface area contributed by atoms with Gasteiger partial charge in [0.05, 0.1) is 35.9 Å². The lowest BCUT2D eigenvalue weighted by Crippen LogP contribution is -2.58. The van der Waals surface area contributed by atoms with Crippen molar-refractivity contribution in [3.63, 3.8) is 0 Å². The van der Waals surface area contributed by atoms with Crippen LogP contribution >= 0.6 is 0 Å². The molecule has 2 aromatic heterocycles. The van der Waals surface area contributed by atoms with Crippen LogP contribution in [0.25, 0.3) is 33.3 Å². The summed E-state index contributed by atoms with van der Waals surface area (Å²) in [5.74, 6) is 2.26. The van der Waals surface area contributed by atoms with E-state index in [2.05, 4.69) is 78.9 Å². The van der Waals surface area contributed by atoms with Crippen LogP contribution in [0.1, 0.15) is 90.7 Å². The number of ether oxygens (including phenoxy) is 2. The summed E-state index contributed by atoms with van der Waals surface area (Å²) in [7, 11) is 3.31. The van der Waals surface area contributed by atoms with Crippen molar-refractivity contribution in [3.8, 4) is 34.2 Å². The first kappa shape index (κ1) is 47.9. The average Bonchev–Trinajstić information content (AvgIpc) is 3.92. The number of pyridine rings is 1. The minimum atomic E-state index is -0.990. The zero-order valence-corrected chi connectivity index (χ0v) is 40.1. The molecule has 13 heteroatoms. The van der Waals surface area contributed by atoms with Crippen LogP contribution in [0.5, 0.6) is 0 Å². The Morgan fingerprint density at radius 1 is 1.02 bits per heavy atom. The number of nitrogens with one attached hydrogen (secondary N) is 1. The molecule has 3 aliphatic heterocycles. The first-order valence-electron chi connectivity index (χ1n) is 23.5. The minimum Gasteiger partial charge on any atom is -0.465 e. The normalized spacial score (nSPS) is 20.8. The van der Waals surface area contributed by atoms with E-state index in [1.165, 1.54) is 4.90 Å². The highest BCUT2D eigenvalue weighted by atomic mass is 16.5. The smallest absolute Gasteiger partial charge is 0.310 e. The van der Waals surface area contributed by atoms with Gasteiger partial charge in [-0.2, -0.15) is 0 Å². The van der Waals surface area contributed by atoms with Crippen molar-refractivity contribution in [1.82, 2.24) is 29.6 Å². The quantitative estimate of drug-likeness (QED) is 0.142. The number of hydrogen-bond donors (Lipinski definition) is 1. The minimum absolute atomic E-state index is 0.173. The van der Waals surface area contributed by atoms with Gasteiger partial charge in [0.25, 0.3) is 5.91 Å². The molecule has 4 aromatic rings. The number of esters is 1. The Balaban J connectivity index is 1.28. The van der Waals surface area contributed by atoms with Crippen LogP contribution in [0, 0.1) is 35.0 Å². The molecule has 2 fully saturated rings. The third-order valence-corrected chi connectivity index (χ3v) is 13.7. The second-order valence-corrected chi connectivity index (χ2v) is 19.4. The first-order chi connectivity index (χ1) is 31.5. The van der Waals surface area contributed by atoms with E-state index in [0.29, 0.717) is 45.3 Å². The number of carbonyl (C=O) groups is 5. The van der Waals surface area contributed by atoms with Gasteiger partial charge in [0.1, 0.15) is 12.1 Å². The van der Waals surface area contributed by atoms with Gasteiger partial charge >= 0.3 is 5.97 Å². The molecule has 2 aromatic carbocycles. The topological polar surface area (TPSA) is 143 Å². The second-order valence-electron chi connectivity index (χ2n) is 19.4. The molecule has 3 aliphatic rings. The van der Waals surface area contributed by atoms with Gasteiger partial charge in [-0.1, -0.05) is 63.9 Å². The molecule has 4 amide bonds. The number of carbonyl (C=O) groups excluding carboxylic acids is 5. The molecular formula is C53H66N6O7. The van der Waals surface area contributed by atoms with E-state index in [4.69, 9.17) is 14.5 Å². The highest BCUT2D eigenvalue weighted by Crippen LogP contribution is 2.42. The molecule has 5 heterocycles. The van der Waals surface area contributed by atoms with Gasteiger partial charge in [0, 0.05) is 81.4 Å². The molecule has 5 atom stereocenters. The van der Waals surface area contributed by atoms with Crippen molar-refractivity contribution in [1.29, 1.82) is 0 Å². The Morgan fingerprint density at radius 3 is 2.52 bits per heavy atom. The maximum Gasteiger partial charge on any atom is 0.310 e. The maximum atomic E-state index is 14.8. The molecular weight excluding hydrogens is 833 g/mol. The van der Waals surface area contributed by atoms with Crippen molar-refractivity contribution < 1.29 is 33.4 Å². The molecule has 13 nitrogen and oxygen atoms in total. The van der Waals surface area contributed by atoms with Crippen molar-refractivity contribution in [2.45, 2.75) is 105 Å². The Kier molecular flexibility index (Phi) is 14.7. The fraction of sp³-hybridized carbons (Fsp3) is 0.509.